The minimum absolute atomic E-state index is 0.0452. The molecule has 5 rings (SSSR count). The number of fused-ring (bicyclic) bond motifs is 2. The first kappa shape index (κ1) is 16.2. The Hall–Kier alpha value is -3.00. The number of imidazole rings is 1. The van der Waals surface area contributed by atoms with Gasteiger partial charge in [0.25, 0.3) is 0 Å². The number of nitrogens with zero attached hydrogens (tertiary/aromatic N) is 4. The van der Waals surface area contributed by atoms with E-state index in [2.05, 4.69) is 26.2 Å². The van der Waals surface area contributed by atoms with Crippen LogP contribution in [0.4, 0.5) is 0 Å². The highest BCUT2D eigenvalue weighted by atomic mass is 16.7. The normalized spacial score (nSPS) is 18.5. The summed E-state index contributed by atoms with van der Waals surface area (Å²) in [5.41, 5.74) is 4.45. The number of aromatic amines is 1. The van der Waals surface area contributed by atoms with Gasteiger partial charge in [-0.3, -0.25) is 9.58 Å². The van der Waals surface area contributed by atoms with E-state index < -0.39 is 0 Å². The molecule has 0 spiro atoms. The van der Waals surface area contributed by atoms with Gasteiger partial charge >= 0.3 is 0 Å². The van der Waals surface area contributed by atoms with Crippen molar-refractivity contribution in [1.29, 1.82) is 0 Å². The van der Waals surface area contributed by atoms with Crippen LogP contribution in [0.3, 0.4) is 0 Å². The molecule has 8 nitrogen and oxygen atoms in total. The average Bonchev–Trinajstić information content (AvgIpc) is 3.40. The zero-order valence-corrected chi connectivity index (χ0v) is 15.3. The van der Waals surface area contributed by atoms with E-state index in [0.29, 0.717) is 6.54 Å². The topological polar surface area (TPSA) is 77.4 Å². The molecule has 2 aliphatic heterocycles. The third-order valence-electron chi connectivity index (χ3n) is 5.21. The first-order valence-corrected chi connectivity index (χ1v) is 8.94. The molecule has 0 amide bonds. The summed E-state index contributed by atoms with van der Waals surface area (Å²) in [6, 6.07) is 3.96. The van der Waals surface area contributed by atoms with Crippen molar-refractivity contribution in [3.8, 4) is 17.2 Å². The molecule has 1 atom stereocenters. The van der Waals surface area contributed by atoms with E-state index in [0.717, 1.165) is 47.0 Å². The third kappa shape index (κ3) is 2.73. The summed E-state index contributed by atoms with van der Waals surface area (Å²) in [5.74, 6) is 2.30. The summed E-state index contributed by atoms with van der Waals surface area (Å²) in [5, 5.41) is 4.36. The smallest absolute Gasteiger partial charge is 0.231 e. The molecule has 8 heteroatoms. The zero-order valence-electron chi connectivity index (χ0n) is 15.3. The predicted molar refractivity (Wildman–Crippen MR) is 96.9 cm³/mol. The van der Waals surface area contributed by atoms with Crippen molar-refractivity contribution >= 4 is 0 Å². The molecule has 2 aliphatic rings. The van der Waals surface area contributed by atoms with Crippen LogP contribution in [0, 0.1) is 0 Å². The maximum absolute atomic E-state index is 5.61. The standard InChI is InChI=1S/C19H21N5O3/c1-23-8-13(7-22-23)19-18-14(20-10-21-18)3-4-24(19)9-12-5-16-17(27-11-26-16)6-15(12)25-2/h5-8,10,19H,3-4,9,11H2,1-2H3,(H,20,21). The Kier molecular flexibility index (Phi) is 3.78. The van der Waals surface area contributed by atoms with Crippen molar-refractivity contribution in [3.05, 3.63) is 53.4 Å². The Morgan fingerprint density at radius 1 is 1.30 bits per heavy atom. The van der Waals surface area contributed by atoms with Gasteiger partial charge in [0, 0.05) is 55.6 Å². The molecule has 0 fully saturated rings. The number of benzene rings is 1. The first-order valence-electron chi connectivity index (χ1n) is 8.94. The van der Waals surface area contributed by atoms with Gasteiger partial charge in [0.1, 0.15) is 5.75 Å². The predicted octanol–water partition coefficient (Wildman–Crippen LogP) is 2.03. The Balaban J connectivity index is 1.52. The average molecular weight is 367 g/mol. The fourth-order valence-electron chi connectivity index (χ4n) is 3.94. The van der Waals surface area contributed by atoms with E-state index in [1.807, 2.05) is 30.1 Å². The Morgan fingerprint density at radius 3 is 2.93 bits per heavy atom. The molecule has 1 unspecified atom stereocenters. The maximum atomic E-state index is 5.61. The van der Waals surface area contributed by atoms with Crippen LogP contribution in [0.1, 0.15) is 28.6 Å². The minimum atomic E-state index is 0.0452. The van der Waals surface area contributed by atoms with Crippen molar-refractivity contribution in [2.75, 3.05) is 20.4 Å². The second kappa shape index (κ2) is 6.31. The van der Waals surface area contributed by atoms with Crippen molar-refractivity contribution in [2.24, 2.45) is 7.05 Å². The van der Waals surface area contributed by atoms with E-state index in [9.17, 15) is 0 Å². The molecule has 0 radical (unpaired) electrons. The van der Waals surface area contributed by atoms with Crippen molar-refractivity contribution in [1.82, 2.24) is 24.6 Å². The lowest BCUT2D eigenvalue weighted by molar-refractivity contribution is 0.173. The van der Waals surface area contributed by atoms with Gasteiger partial charge in [0.05, 0.1) is 31.4 Å². The molecular weight excluding hydrogens is 346 g/mol. The fourth-order valence-corrected chi connectivity index (χ4v) is 3.94. The molecule has 1 N–H and O–H groups in total. The van der Waals surface area contributed by atoms with Crippen LogP contribution in [0.5, 0.6) is 17.2 Å². The fraction of sp³-hybridized carbons (Fsp3) is 0.368. The van der Waals surface area contributed by atoms with Crippen molar-refractivity contribution < 1.29 is 14.2 Å². The van der Waals surface area contributed by atoms with Crippen LogP contribution >= 0.6 is 0 Å². The summed E-state index contributed by atoms with van der Waals surface area (Å²) in [7, 11) is 3.62. The minimum Gasteiger partial charge on any atom is -0.496 e. The Labute approximate surface area is 156 Å². The molecule has 4 heterocycles. The number of H-pyrrole nitrogens is 1. The van der Waals surface area contributed by atoms with E-state index in [1.165, 1.54) is 5.69 Å². The van der Waals surface area contributed by atoms with Crippen molar-refractivity contribution in [2.45, 2.75) is 19.0 Å². The number of hydrogen-bond acceptors (Lipinski definition) is 6. The lowest BCUT2D eigenvalue weighted by Gasteiger charge is -2.34. The van der Waals surface area contributed by atoms with Crippen LogP contribution in [-0.2, 0) is 20.0 Å². The van der Waals surface area contributed by atoms with Crippen LogP contribution in [0.25, 0.3) is 0 Å². The van der Waals surface area contributed by atoms with Crippen LogP contribution in [0.2, 0.25) is 0 Å². The van der Waals surface area contributed by atoms with E-state index in [1.54, 1.807) is 13.4 Å². The molecule has 3 aromatic rings. The summed E-state index contributed by atoms with van der Waals surface area (Å²) < 4.78 is 18.5. The maximum Gasteiger partial charge on any atom is 0.231 e. The SMILES string of the molecule is COc1cc2c(cc1CN1CCc3[nH]cnc3C1c1cnn(C)c1)OCO2. The lowest BCUT2D eigenvalue weighted by Crippen LogP contribution is -2.35. The number of hydrogen-bond donors (Lipinski definition) is 1. The summed E-state index contributed by atoms with van der Waals surface area (Å²) in [6.07, 6.45) is 6.67. The zero-order chi connectivity index (χ0) is 18.4. The third-order valence-corrected chi connectivity index (χ3v) is 5.21. The summed E-state index contributed by atoms with van der Waals surface area (Å²) in [4.78, 5) is 10.3. The van der Waals surface area contributed by atoms with Gasteiger partial charge in [-0.1, -0.05) is 0 Å². The molecule has 0 aliphatic carbocycles. The highest BCUT2D eigenvalue weighted by Crippen LogP contribution is 2.40. The quantitative estimate of drug-likeness (QED) is 0.760. The molecule has 140 valence electrons. The van der Waals surface area contributed by atoms with Crippen LogP contribution in [-0.4, -0.2) is 45.1 Å². The van der Waals surface area contributed by atoms with Gasteiger partial charge in [-0.2, -0.15) is 5.10 Å². The Bertz CT molecular complexity index is 980. The van der Waals surface area contributed by atoms with Crippen LogP contribution in [0.15, 0.2) is 30.9 Å². The van der Waals surface area contributed by atoms with Gasteiger partial charge in [0.2, 0.25) is 6.79 Å². The second-order valence-electron chi connectivity index (χ2n) is 6.85. The first-order chi connectivity index (χ1) is 13.2. The second-order valence-corrected chi connectivity index (χ2v) is 6.85. The number of aromatic nitrogens is 4. The molecule has 0 saturated heterocycles. The van der Waals surface area contributed by atoms with Gasteiger partial charge in [-0.25, -0.2) is 4.98 Å². The van der Waals surface area contributed by atoms with Crippen molar-refractivity contribution in [3.63, 3.8) is 0 Å². The number of nitrogens with one attached hydrogen (secondary N) is 1. The molecule has 2 aromatic heterocycles. The van der Waals surface area contributed by atoms with Gasteiger partial charge in [0.15, 0.2) is 11.5 Å². The number of ether oxygens (including phenoxy) is 3. The monoisotopic (exact) mass is 367 g/mol. The van der Waals surface area contributed by atoms with E-state index in [4.69, 9.17) is 14.2 Å². The number of rotatable bonds is 4. The summed E-state index contributed by atoms with van der Waals surface area (Å²) >= 11 is 0. The van der Waals surface area contributed by atoms with Gasteiger partial charge < -0.3 is 19.2 Å². The largest absolute Gasteiger partial charge is 0.496 e. The van der Waals surface area contributed by atoms with Crippen LogP contribution < -0.4 is 14.2 Å². The highest BCUT2D eigenvalue weighted by molar-refractivity contribution is 5.52. The Morgan fingerprint density at radius 2 is 2.15 bits per heavy atom. The number of aryl methyl sites for hydroxylation is 1. The molecule has 1 aromatic carbocycles. The van der Waals surface area contributed by atoms with Gasteiger partial charge in [-0.15, -0.1) is 0 Å². The van der Waals surface area contributed by atoms with E-state index >= 15 is 0 Å². The number of methoxy groups -OCH3 is 1. The molecule has 27 heavy (non-hydrogen) atoms. The van der Waals surface area contributed by atoms with Gasteiger partial charge in [-0.05, 0) is 6.07 Å². The molecule has 0 saturated carbocycles. The van der Waals surface area contributed by atoms with E-state index in [-0.39, 0.29) is 12.8 Å². The summed E-state index contributed by atoms with van der Waals surface area (Å²) in [6.45, 7) is 1.87. The lowest BCUT2D eigenvalue weighted by atomic mass is 9.97. The molecule has 0 bridgehead atoms. The molecular formula is C19H21N5O3. The highest BCUT2D eigenvalue weighted by Gasteiger charge is 2.32.